The molecule has 2 aliphatic heterocycles. The van der Waals surface area contributed by atoms with Gasteiger partial charge in [-0.1, -0.05) is 52.4 Å². The molecule has 3 heteroatoms. The Morgan fingerprint density at radius 3 is 2.35 bits per heavy atom. The van der Waals surface area contributed by atoms with Gasteiger partial charge in [0.1, 0.15) is 0 Å². The van der Waals surface area contributed by atoms with Gasteiger partial charge in [-0.05, 0) is 45.2 Å². The zero-order chi connectivity index (χ0) is 16.3. The molecule has 3 nitrogen and oxygen atoms in total. The van der Waals surface area contributed by atoms with Crippen molar-refractivity contribution in [3.05, 3.63) is 0 Å². The zero-order valence-corrected chi connectivity index (χ0v) is 15.6. The topological polar surface area (TPSA) is 21.7 Å². The molecular weight excluding hydrogens is 286 g/mol. The smallest absolute Gasteiger partial charge is 0.171 e. The summed E-state index contributed by atoms with van der Waals surface area (Å²) >= 11 is 0. The summed E-state index contributed by atoms with van der Waals surface area (Å²) in [6, 6.07) is 0. The van der Waals surface area contributed by atoms with Gasteiger partial charge in [0.25, 0.3) is 0 Å². The van der Waals surface area contributed by atoms with Crippen LogP contribution in [0.15, 0.2) is 0 Å². The summed E-state index contributed by atoms with van der Waals surface area (Å²) in [6.45, 7) is 11.2. The van der Waals surface area contributed by atoms with Crippen molar-refractivity contribution in [1.82, 2.24) is 4.90 Å². The Morgan fingerprint density at radius 1 is 1.00 bits per heavy atom. The summed E-state index contributed by atoms with van der Waals surface area (Å²) in [7, 11) is 0. The fraction of sp³-hybridized carbons (Fsp3) is 1.00. The Morgan fingerprint density at radius 2 is 1.65 bits per heavy atom. The van der Waals surface area contributed by atoms with E-state index >= 15 is 0 Å². The predicted octanol–water partition coefficient (Wildman–Crippen LogP) is 4.60. The third-order valence-electron chi connectivity index (χ3n) is 6.60. The molecule has 0 bridgehead atoms. The van der Waals surface area contributed by atoms with Crippen molar-refractivity contribution >= 4 is 0 Å². The molecule has 3 fully saturated rings. The van der Waals surface area contributed by atoms with Crippen molar-refractivity contribution in [3.8, 4) is 0 Å². The molecular formula is C20H37NO2. The van der Waals surface area contributed by atoms with E-state index in [4.69, 9.17) is 9.47 Å². The van der Waals surface area contributed by atoms with E-state index in [0.717, 1.165) is 19.1 Å². The van der Waals surface area contributed by atoms with Gasteiger partial charge in [0.15, 0.2) is 5.79 Å². The summed E-state index contributed by atoms with van der Waals surface area (Å²) in [5.74, 6) is 0.453. The molecule has 3 aliphatic rings. The molecule has 2 unspecified atom stereocenters. The van der Waals surface area contributed by atoms with Crippen LogP contribution in [0.25, 0.3) is 0 Å². The van der Waals surface area contributed by atoms with Crippen molar-refractivity contribution in [1.29, 1.82) is 0 Å². The van der Waals surface area contributed by atoms with Crippen LogP contribution in [0.1, 0.15) is 78.6 Å². The predicted molar refractivity (Wildman–Crippen MR) is 94.5 cm³/mol. The van der Waals surface area contributed by atoms with Crippen LogP contribution in [0.3, 0.4) is 0 Å². The maximum Gasteiger partial charge on any atom is 0.171 e. The van der Waals surface area contributed by atoms with Crippen molar-refractivity contribution in [3.63, 3.8) is 0 Å². The summed E-state index contributed by atoms with van der Waals surface area (Å²) in [5, 5.41) is 0. The first-order valence-corrected chi connectivity index (χ1v) is 10.0. The van der Waals surface area contributed by atoms with Gasteiger partial charge in [0, 0.05) is 12.0 Å². The molecule has 0 radical (unpaired) electrons. The number of hydrogen-bond donors (Lipinski definition) is 0. The molecule has 2 atom stereocenters. The molecule has 134 valence electrons. The lowest BCUT2D eigenvalue weighted by Gasteiger charge is -2.42. The lowest BCUT2D eigenvalue weighted by molar-refractivity contribution is -0.229. The van der Waals surface area contributed by atoms with Crippen LogP contribution >= 0.6 is 0 Å². The monoisotopic (exact) mass is 323 g/mol. The van der Waals surface area contributed by atoms with Gasteiger partial charge < -0.3 is 14.4 Å². The highest BCUT2D eigenvalue weighted by Crippen LogP contribution is 2.46. The minimum Gasteiger partial charge on any atom is -0.347 e. The Hall–Kier alpha value is -0.120. The van der Waals surface area contributed by atoms with E-state index in [1.54, 1.807) is 0 Å². The van der Waals surface area contributed by atoms with Crippen molar-refractivity contribution in [2.45, 2.75) is 90.4 Å². The van der Waals surface area contributed by atoms with Gasteiger partial charge >= 0.3 is 0 Å². The third-order valence-corrected chi connectivity index (χ3v) is 6.60. The molecule has 2 heterocycles. The molecule has 1 saturated carbocycles. The molecule has 0 spiro atoms. The maximum atomic E-state index is 6.49. The fourth-order valence-corrected chi connectivity index (χ4v) is 4.81. The Bertz CT molecular complexity index is 372. The highest BCUT2D eigenvalue weighted by atomic mass is 16.7. The molecule has 23 heavy (non-hydrogen) atoms. The van der Waals surface area contributed by atoms with Crippen molar-refractivity contribution < 1.29 is 9.47 Å². The Labute approximate surface area is 143 Å². The average Bonchev–Trinajstić information content (AvgIpc) is 2.92. The number of piperidine rings is 1. The lowest BCUT2D eigenvalue weighted by Crippen LogP contribution is -2.46. The number of likely N-dealkylation sites (tertiary alicyclic amines) is 1. The van der Waals surface area contributed by atoms with Crippen molar-refractivity contribution in [2.24, 2.45) is 11.3 Å². The summed E-state index contributed by atoms with van der Waals surface area (Å²) in [5.41, 5.74) is 0.0889. The van der Waals surface area contributed by atoms with E-state index in [2.05, 4.69) is 25.7 Å². The van der Waals surface area contributed by atoms with E-state index < -0.39 is 5.79 Å². The number of rotatable bonds is 5. The number of nitrogens with zero attached hydrogens (tertiary/aromatic N) is 1. The van der Waals surface area contributed by atoms with E-state index in [0.29, 0.717) is 0 Å². The summed E-state index contributed by atoms with van der Waals surface area (Å²) < 4.78 is 12.7. The summed E-state index contributed by atoms with van der Waals surface area (Å²) in [4.78, 5) is 2.57. The SMILES string of the molecule is CC(C)(CC1CCCCC1)C1(C)OCC(CN2CCCCC2)O1. The van der Waals surface area contributed by atoms with Crippen LogP contribution in [0, 0.1) is 11.3 Å². The number of ether oxygens (including phenoxy) is 2. The van der Waals surface area contributed by atoms with E-state index in [1.807, 2.05) is 0 Å². The van der Waals surface area contributed by atoms with Crippen LogP contribution in [-0.2, 0) is 9.47 Å². The van der Waals surface area contributed by atoms with E-state index in [1.165, 1.54) is 70.9 Å². The van der Waals surface area contributed by atoms with E-state index in [-0.39, 0.29) is 11.5 Å². The first kappa shape index (κ1) is 17.7. The van der Waals surface area contributed by atoms with Crippen LogP contribution in [0.4, 0.5) is 0 Å². The minimum absolute atomic E-state index is 0.0889. The first-order valence-electron chi connectivity index (χ1n) is 10.0. The molecule has 0 aromatic carbocycles. The lowest BCUT2D eigenvalue weighted by atomic mass is 9.72. The molecule has 3 rings (SSSR count). The Kier molecular flexibility index (Phi) is 5.70. The molecule has 0 aromatic rings. The van der Waals surface area contributed by atoms with Gasteiger partial charge in [0.05, 0.1) is 12.7 Å². The van der Waals surface area contributed by atoms with Crippen LogP contribution in [-0.4, -0.2) is 43.0 Å². The second-order valence-electron chi connectivity index (χ2n) is 8.95. The molecule has 1 aliphatic carbocycles. The quantitative estimate of drug-likeness (QED) is 0.738. The van der Waals surface area contributed by atoms with Crippen LogP contribution in [0.5, 0.6) is 0 Å². The summed E-state index contributed by atoms with van der Waals surface area (Å²) in [6.07, 6.45) is 12.6. The maximum absolute atomic E-state index is 6.49. The van der Waals surface area contributed by atoms with Crippen LogP contribution < -0.4 is 0 Å². The van der Waals surface area contributed by atoms with Gasteiger partial charge in [0.2, 0.25) is 0 Å². The average molecular weight is 324 g/mol. The van der Waals surface area contributed by atoms with Crippen LogP contribution in [0.2, 0.25) is 0 Å². The molecule has 2 saturated heterocycles. The number of hydrogen-bond acceptors (Lipinski definition) is 3. The second kappa shape index (κ2) is 7.41. The fourth-order valence-electron chi connectivity index (χ4n) is 4.81. The third kappa shape index (κ3) is 4.29. The Balaban J connectivity index is 1.53. The highest BCUT2D eigenvalue weighted by molar-refractivity contribution is 4.91. The molecule has 0 amide bonds. The zero-order valence-electron chi connectivity index (χ0n) is 15.6. The van der Waals surface area contributed by atoms with Gasteiger partial charge in [-0.3, -0.25) is 0 Å². The molecule has 0 aromatic heterocycles. The standard InChI is InChI=1S/C20H37NO2/c1-19(2,14-17-10-6-4-7-11-17)20(3)22-16-18(23-20)15-21-12-8-5-9-13-21/h17-18H,4-16H2,1-3H3. The first-order chi connectivity index (χ1) is 11.0. The molecule has 0 N–H and O–H groups in total. The minimum atomic E-state index is -0.412. The highest BCUT2D eigenvalue weighted by Gasteiger charge is 2.50. The normalized spacial score (nSPS) is 34.8. The van der Waals surface area contributed by atoms with E-state index in [9.17, 15) is 0 Å². The van der Waals surface area contributed by atoms with Gasteiger partial charge in [-0.15, -0.1) is 0 Å². The largest absolute Gasteiger partial charge is 0.347 e. The van der Waals surface area contributed by atoms with Crippen molar-refractivity contribution in [2.75, 3.05) is 26.2 Å². The van der Waals surface area contributed by atoms with Gasteiger partial charge in [-0.2, -0.15) is 0 Å². The second-order valence-corrected chi connectivity index (χ2v) is 8.95. The van der Waals surface area contributed by atoms with Gasteiger partial charge in [-0.25, -0.2) is 0 Å².